The first-order valence-electron chi connectivity index (χ1n) is 5.39. The van der Waals surface area contributed by atoms with Crippen molar-refractivity contribution < 1.29 is 14.3 Å². The maximum atomic E-state index is 10.8. The molecule has 0 aliphatic heterocycles. The van der Waals surface area contributed by atoms with Crippen molar-refractivity contribution in [1.29, 1.82) is 0 Å². The lowest BCUT2D eigenvalue weighted by atomic mass is 10.1. The molecule has 1 N–H and O–H groups in total. The molecule has 2 atom stereocenters. The quantitative estimate of drug-likeness (QED) is 0.758. The third kappa shape index (κ3) is 3.95. The molecule has 0 fully saturated rings. The third-order valence-electron chi connectivity index (χ3n) is 3.38. The van der Waals surface area contributed by atoms with Gasteiger partial charge in [-0.15, -0.1) is 0 Å². The van der Waals surface area contributed by atoms with Crippen molar-refractivity contribution in [1.82, 2.24) is 0 Å². The van der Waals surface area contributed by atoms with Crippen molar-refractivity contribution in [3.8, 4) is 0 Å². The Hall–Kier alpha value is -0.353. The zero-order chi connectivity index (χ0) is 12.4. The second-order valence-corrected chi connectivity index (χ2v) is 10.5. The van der Waals surface area contributed by atoms with Crippen LogP contribution in [-0.4, -0.2) is 25.5 Å². The number of carboxylic acid groups (broad SMARTS) is 1. The van der Waals surface area contributed by atoms with E-state index in [1.807, 2.05) is 6.92 Å². The molecule has 0 saturated heterocycles. The number of hydrogen-bond acceptors (Lipinski definition) is 2. The Kier molecular flexibility index (Phi) is 4.55. The SMILES string of the molecule is C[C@H](O[Si](C)(C)C(C)(C)C)[C@@H](C)C(=O)O. The van der Waals surface area contributed by atoms with Crippen LogP contribution in [0.5, 0.6) is 0 Å². The van der Waals surface area contributed by atoms with Crippen LogP contribution in [0.4, 0.5) is 0 Å². The van der Waals surface area contributed by atoms with E-state index in [4.69, 9.17) is 9.53 Å². The number of carbonyl (C=O) groups is 1. The third-order valence-corrected chi connectivity index (χ3v) is 7.95. The molecule has 0 saturated carbocycles. The predicted molar refractivity (Wildman–Crippen MR) is 64.5 cm³/mol. The topological polar surface area (TPSA) is 46.5 Å². The van der Waals surface area contributed by atoms with E-state index in [0.29, 0.717) is 0 Å². The highest BCUT2D eigenvalue weighted by molar-refractivity contribution is 6.74. The van der Waals surface area contributed by atoms with Gasteiger partial charge >= 0.3 is 5.97 Å². The van der Waals surface area contributed by atoms with Crippen LogP contribution in [-0.2, 0) is 9.22 Å². The summed E-state index contributed by atoms with van der Waals surface area (Å²) < 4.78 is 5.98. The molecular weight excluding hydrogens is 208 g/mol. The highest BCUT2D eigenvalue weighted by Gasteiger charge is 2.39. The second kappa shape index (κ2) is 4.66. The Bertz CT molecular complexity index is 230. The summed E-state index contributed by atoms with van der Waals surface area (Å²) in [6, 6.07) is 0. The summed E-state index contributed by atoms with van der Waals surface area (Å²) in [4.78, 5) is 10.8. The number of rotatable bonds is 4. The van der Waals surface area contributed by atoms with Crippen molar-refractivity contribution in [2.45, 2.75) is 58.9 Å². The van der Waals surface area contributed by atoms with E-state index in [1.165, 1.54) is 0 Å². The minimum absolute atomic E-state index is 0.124. The Labute approximate surface area is 94.0 Å². The standard InChI is InChI=1S/C11H24O3Si/c1-8(10(12)13)9(2)14-15(6,7)11(3,4)5/h8-9H,1-7H3,(H,12,13)/t8-,9+/m1/s1. The highest BCUT2D eigenvalue weighted by atomic mass is 28.4. The first-order valence-corrected chi connectivity index (χ1v) is 8.30. The second-order valence-electron chi connectivity index (χ2n) is 5.71. The smallest absolute Gasteiger partial charge is 0.308 e. The van der Waals surface area contributed by atoms with Gasteiger partial charge in [-0.2, -0.15) is 0 Å². The summed E-state index contributed by atoms with van der Waals surface area (Å²) in [6.07, 6.45) is -0.219. The van der Waals surface area contributed by atoms with Gasteiger partial charge in [0.25, 0.3) is 0 Å². The molecule has 0 aromatic rings. The van der Waals surface area contributed by atoms with Crippen LogP contribution in [0.3, 0.4) is 0 Å². The van der Waals surface area contributed by atoms with Crippen LogP contribution < -0.4 is 0 Å². The molecule has 0 aromatic carbocycles. The lowest BCUT2D eigenvalue weighted by Crippen LogP contribution is -2.45. The lowest BCUT2D eigenvalue weighted by molar-refractivity contribution is -0.144. The molecule has 0 unspecified atom stereocenters. The van der Waals surface area contributed by atoms with Crippen molar-refractivity contribution in [3.63, 3.8) is 0 Å². The first kappa shape index (κ1) is 14.6. The Morgan fingerprint density at radius 3 is 1.93 bits per heavy atom. The minimum atomic E-state index is -1.84. The van der Waals surface area contributed by atoms with Crippen molar-refractivity contribution in [3.05, 3.63) is 0 Å². The molecule has 0 aliphatic rings. The zero-order valence-electron chi connectivity index (χ0n) is 10.9. The molecule has 0 bridgehead atoms. The van der Waals surface area contributed by atoms with Gasteiger partial charge in [0.05, 0.1) is 12.0 Å². The van der Waals surface area contributed by atoms with Crippen LogP contribution in [0.25, 0.3) is 0 Å². The molecular formula is C11H24O3Si. The molecule has 3 nitrogen and oxygen atoms in total. The summed E-state index contributed by atoms with van der Waals surface area (Å²) in [5, 5.41) is 9.01. The van der Waals surface area contributed by atoms with Gasteiger partial charge < -0.3 is 9.53 Å². The van der Waals surface area contributed by atoms with E-state index >= 15 is 0 Å². The van der Waals surface area contributed by atoms with E-state index < -0.39 is 20.2 Å². The van der Waals surface area contributed by atoms with Gasteiger partial charge in [0.1, 0.15) is 0 Å². The van der Waals surface area contributed by atoms with Crippen LogP contribution >= 0.6 is 0 Å². The van der Waals surface area contributed by atoms with Crippen molar-refractivity contribution >= 4 is 14.3 Å². The largest absolute Gasteiger partial charge is 0.481 e. The van der Waals surface area contributed by atoms with E-state index in [2.05, 4.69) is 33.9 Å². The highest BCUT2D eigenvalue weighted by Crippen LogP contribution is 2.37. The minimum Gasteiger partial charge on any atom is -0.481 e. The average Bonchev–Trinajstić information content (AvgIpc) is 1.99. The fourth-order valence-electron chi connectivity index (χ4n) is 0.944. The van der Waals surface area contributed by atoms with Gasteiger partial charge in [-0.05, 0) is 32.0 Å². The van der Waals surface area contributed by atoms with E-state index in [0.717, 1.165) is 0 Å². The molecule has 15 heavy (non-hydrogen) atoms. The molecule has 0 amide bonds. The monoisotopic (exact) mass is 232 g/mol. The maximum Gasteiger partial charge on any atom is 0.308 e. The van der Waals surface area contributed by atoms with Gasteiger partial charge in [-0.1, -0.05) is 20.8 Å². The number of aliphatic carboxylic acids is 1. The number of carboxylic acids is 1. The maximum absolute atomic E-state index is 10.8. The molecule has 0 heterocycles. The number of hydrogen-bond donors (Lipinski definition) is 1. The zero-order valence-corrected chi connectivity index (χ0v) is 11.9. The molecule has 0 spiro atoms. The molecule has 0 aliphatic carbocycles. The summed E-state index contributed by atoms with van der Waals surface area (Å²) in [5.74, 6) is -1.24. The van der Waals surface area contributed by atoms with Gasteiger partial charge in [0, 0.05) is 0 Å². The molecule has 0 rings (SSSR count). The Morgan fingerprint density at radius 1 is 1.27 bits per heavy atom. The Morgan fingerprint density at radius 2 is 1.67 bits per heavy atom. The van der Waals surface area contributed by atoms with Crippen molar-refractivity contribution in [2.24, 2.45) is 5.92 Å². The fourth-order valence-corrected chi connectivity index (χ4v) is 2.43. The van der Waals surface area contributed by atoms with Gasteiger partial charge in [0.2, 0.25) is 0 Å². The summed E-state index contributed by atoms with van der Waals surface area (Å²) in [7, 11) is -1.84. The molecule has 0 aromatic heterocycles. The van der Waals surface area contributed by atoms with E-state index in [1.54, 1.807) is 6.92 Å². The molecule has 90 valence electrons. The molecule has 0 radical (unpaired) electrons. The van der Waals surface area contributed by atoms with E-state index in [9.17, 15) is 4.79 Å². The molecule has 4 heteroatoms. The summed E-state index contributed by atoms with van der Waals surface area (Å²) in [5.41, 5.74) is 0. The summed E-state index contributed by atoms with van der Waals surface area (Å²) >= 11 is 0. The van der Waals surface area contributed by atoms with Gasteiger partial charge in [-0.25, -0.2) is 0 Å². The first-order chi connectivity index (χ1) is 6.49. The Balaban J connectivity index is 4.54. The van der Waals surface area contributed by atoms with Crippen LogP contribution in [0.1, 0.15) is 34.6 Å². The average molecular weight is 232 g/mol. The van der Waals surface area contributed by atoms with Crippen LogP contribution in [0, 0.1) is 5.92 Å². The lowest BCUT2D eigenvalue weighted by Gasteiger charge is -2.39. The van der Waals surface area contributed by atoms with Crippen LogP contribution in [0.15, 0.2) is 0 Å². The van der Waals surface area contributed by atoms with E-state index in [-0.39, 0.29) is 11.1 Å². The predicted octanol–water partition coefficient (Wildman–Crippen LogP) is 3.12. The fraction of sp³-hybridized carbons (Fsp3) is 0.909. The van der Waals surface area contributed by atoms with Crippen LogP contribution in [0.2, 0.25) is 18.1 Å². The van der Waals surface area contributed by atoms with Gasteiger partial charge in [0.15, 0.2) is 8.32 Å². The summed E-state index contributed by atoms with van der Waals surface area (Å²) in [6.45, 7) is 14.3. The van der Waals surface area contributed by atoms with Crippen molar-refractivity contribution in [2.75, 3.05) is 0 Å². The van der Waals surface area contributed by atoms with Gasteiger partial charge in [-0.3, -0.25) is 4.79 Å². The normalized spacial score (nSPS) is 17.3.